The lowest BCUT2D eigenvalue weighted by molar-refractivity contribution is -0.127. The minimum atomic E-state index is -0.517. The van der Waals surface area contributed by atoms with E-state index in [0.717, 1.165) is 17.7 Å². The Balaban J connectivity index is 1.17. The fourth-order valence-electron chi connectivity index (χ4n) is 5.15. The van der Waals surface area contributed by atoms with Crippen LogP contribution in [0.3, 0.4) is 0 Å². The van der Waals surface area contributed by atoms with Crippen molar-refractivity contribution >= 4 is 39.7 Å². The number of ether oxygens (including phenoxy) is 3. The number of amides is 1. The van der Waals surface area contributed by atoms with Crippen LogP contribution in [0.4, 0.5) is 15.9 Å². The van der Waals surface area contributed by atoms with E-state index in [4.69, 9.17) is 14.2 Å². The zero-order chi connectivity index (χ0) is 31.3. The number of aromatic nitrogens is 3. The van der Waals surface area contributed by atoms with Gasteiger partial charge in [0.2, 0.25) is 5.91 Å². The summed E-state index contributed by atoms with van der Waals surface area (Å²) in [4.78, 5) is 27.0. The van der Waals surface area contributed by atoms with Crippen molar-refractivity contribution in [3.63, 3.8) is 0 Å². The first-order valence-electron chi connectivity index (χ1n) is 14.6. The number of carbonyl (C=O) groups is 1. The monoisotopic (exact) mass is 625 g/mol. The summed E-state index contributed by atoms with van der Waals surface area (Å²) in [5.74, 6) is 1.18. The summed E-state index contributed by atoms with van der Waals surface area (Å²) in [6.45, 7) is 6.84. The van der Waals surface area contributed by atoms with E-state index in [1.54, 1.807) is 36.3 Å². The topological polar surface area (TPSA) is 98.7 Å². The largest absolute Gasteiger partial charge is 0.493 e. The minimum absolute atomic E-state index is 0.0813. The molecule has 9 nitrogen and oxygen atoms in total. The summed E-state index contributed by atoms with van der Waals surface area (Å²) in [6.07, 6.45) is 4.95. The second-order valence-electron chi connectivity index (χ2n) is 10.5. The molecular formula is C34H32FN5O4S. The van der Waals surface area contributed by atoms with Gasteiger partial charge in [-0.2, -0.15) is 0 Å². The maximum atomic E-state index is 15.3. The fraction of sp³-hybridized carbons (Fsp3) is 0.235. The van der Waals surface area contributed by atoms with Gasteiger partial charge in [0.25, 0.3) is 5.19 Å². The molecule has 0 atom stereocenters. The number of thiazole rings is 1. The van der Waals surface area contributed by atoms with E-state index in [-0.39, 0.29) is 17.7 Å². The Morgan fingerprint density at radius 1 is 1.11 bits per heavy atom. The quantitative estimate of drug-likeness (QED) is 0.159. The summed E-state index contributed by atoms with van der Waals surface area (Å²) in [5.41, 5.74) is 3.88. The van der Waals surface area contributed by atoms with E-state index in [9.17, 15) is 4.79 Å². The number of nitrogens with one attached hydrogen (secondary N) is 1. The zero-order valence-corrected chi connectivity index (χ0v) is 25.8. The third-order valence-electron chi connectivity index (χ3n) is 7.68. The Labute approximate surface area is 264 Å². The molecule has 1 amide bonds. The van der Waals surface area contributed by atoms with Crippen molar-refractivity contribution in [1.82, 2.24) is 19.9 Å². The summed E-state index contributed by atoms with van der Waals surface area (Å²) >= 11 is 1.35. The van der Waals surface area contributed by atoms with Crippen molar-refractivity contribution < 1.29 is 23.4 Å². The number of likely N-dealkylation sites (tertiary alicyclic amines) is 1. The highest BCUT2D eigenvalue weighted by Crippen LogP contribution is 2.37. The molecule has 45 heavy (non-hydrogen) atoms. The Hall–Kier alpha value is -5.03. The molecule has 1 aliphatic rings. The van der Waals surface area contributed by atoms with Crippen LogP contribution in [-0.2, 0) is 11.2 Å². The van der Waals surface area contributed by atoms with Crippen molar-refractivity contribution in [3.05, 3.63) is 90.3 Å². The standard InChI is InChI=1S/C34H32FN5O4S/c1-4-21-6-8-22(9-7-21)29-19-45-34(39-29)44-24-10-11-27(26(35)16-24)38-33-25-17-31(30(42-3)18-28(25)36-20-37-33)43-23-12-14-40(15-13-23)32(41)5-2/h5-11,16-20,23H,2,4,12-15H2,1,3H3,(H,36,37,38). The number of anilines is 2. The van der Waals surface area contributed by atoms with Crippen LogP contribution in [0, 0.1) is 5.82 Å². The van der Waals surface area contributed by atoms with E-state index < -0.39 is 5.82 Å². The molecule has 230 valence electrons. The lowest BCUT2D eigenvalue weighted by atomic mass is 10.1. The van der Waals surface area contributed by atoms with Crippen LogP contribution >= 0.6 is 11.3 Å². The Kier molecular flexibility index (Phi) is 8.88. The SMILES string of the molecule is C=CC(=O)N1CCC(Oc2cc3c(Nc4ccc(Oc5nc(-c6ccc(CC)cc6)cs5)cc4F)ncnc3cc2OC)CC1. The van der Waals surface area contributed by atoms with E-state index in [1.165, 1.54) is 35.4 Å². The Morgan fingerprint density at radius 3 is 2.62 bits per heavy atom. The number of halogens is 1. The van der Waals surface area contributed by atoms with Gasteiger partial charge in [-0.05, 0) is 36.3 Å². The molecule has 11 heteroatoms. The Bertz CT molecular complexity index is 1840. The van der Waals surface area contributed by atoms with Crippen LogP contribution in [0.15, 0.2) is 79.0 Å². The van der Waals surface area contributed by atoms with Gasteiger partial charge in [0.05, 0.1) is 24.0 Å². The van der Waals surface area contributed by atoms with Crippen LogP contribution in [0.1, 0.15) is 25.3 Å². The molecule has 2 aromatic heterocycles. The number of nitrogens with zero attached hydrogens (tertiary/aromatic N) is 4. The molecule has 0 saturated carbocycles. The average molecular weight is 626 g/mol. The number of hydrogen-bond acceptors (Lipinski definition) is 9. The molecule has 6 rings (SSSR count). The highest BCUT2D eigenvalue weighted by atomic mass is 32.1. The van der Waals surface area contributed by atoms with Crippen LogP contribution in [-0.4, -0.2) is 52.1 Å². The van der Waals surface area contributed by atoms with E-state index >= 15 is 4.39 Å². The number of benzene rings is 3. The molecule has 0 radical (unpaired) electrons. The highest BCUT2D eigenvalue weighted by molar-refractivity contribution is 7.11. The first-order valence-corrected chi connectivity index (χ1v) is 15.5. The van der Waals surface area contributed by atoms with Crippen molar-refractivity contribution in [2.24, 2.45) is 0 Å². The van der Waals surface area contributed by atoms with Crippen molar-refractivity contribution in [2.45, 2.75) is 32.3 Å². The van der Waals surface area contributed by atoms with Crippen LogP contribution in [0.5, 0.6) is 22.4 Å². The third-order valence-corrected chi connectivity index (χ3v) is 8.40. The van der Waals surface area contributed by atoms with E-state index in [1.807, 2.05) is 17.5 Å². The molecule has 5 aromatic rings. The molecule has 1 fully saturated rings. The fourth-order valence-corrected chi connectivity index (χ4v) is 5.85. The molecule has 3 aromatic carbocycles. The molecule has 1 aliphatic heterocycles. The lowest BCUT2D eigenvalue weighted by Gasteiger charge is -2.31. The molecular weight excluding hydrogens is 593 g/mol. The molecule has 0 unspecified atom stereocenters. The van der Waals surface area contributed by atoms with Gasteiger partial charge < -0.3 is 24.4 Å². The smallest absolute Gasteiger partial charge is 0.279 e. The van der Waals surface area contributed by atoms with Gasteiger partial charge in [-0.15, -0.1) is 0 Å². The minimum Gasteiger partial charge on any atom is -0.493 e. The normalized spacial score (nSPS) is 13.4. The predicted octanol–water partition coefficient (Wildman–Crippen LogP) is 7.56. The number of methoxy groups -OCH3 is 1. The van der Waals surface area contributed by atoms with Crippen LogP contribution in [0.25, 0.3) is 22.2 Å². The number of fused-ring (bicyclic) bond motifs is 1. The van der Waals surface area contributed by atoms with Gasteiger partial charge >= 0.3 is 0 Å². The first-order chi connectivity index (χ1) is 21.9. The molecule has 3 heterocycles. The molecule has 0 aliphatic carbocycles. The predicted molar refractivity (Wildman–Crippen MR) is 173 cm³/mol. The summed E-state index contributed by atoms with van der Waals surface area (Å²) in [5, 5.41) is 6.06. The van der Waals surface area contributed by atoms with E-state index in [2.05, 4.69) is 45.9 Å². The van der Waals surface area contributed by atoms with Crippen LogP contribution in [0.2, 0.25) is 0 Å². The first kappa shape index (κ1) is 30.0. The van der Waals surface area contributed by atoms with Gasteiger partial charge in [-0.25, -0.2) is 19.3 Å². The molecule has 0 bridgehead atoms. The number of hydrogen-bond donors (Lipinski definition) is 1. The number of aryl methyl sites for hydroxylation is 1. The van der Waals surface area contributed by atoms with Gasteiger partial charge in [0.1, 0.15) is 29.8 Å². The number of carbonyl (C=O) groups excluding carboxylic acids is 1. The third kappa shape index (κ3) is 6.73. The van der Waals surface area contributed by atoms with Crippen LogP contribution < -0.4 is 19.5 Å². The summed E-state index contributed by atoms with van der Waals surface area (Å²) < 4.78 is 33.1. The van der Waals surface area contributed by atoms with Gasteiger partial charge in [0.15, 0.2) is 11.5 Å². The second-order valence-corrected chi connectivity index (χ2v) is 11.3. The van der Waals surface area contributed by atoms with Crippen molar-refractivity contribution in [1.29, 1.82) is 0 Å². The second kappa shape index (κ2) is 13.3. The molecule has 1 saturated heterocycles. The number of rotatable bonds is 10. The maximum absolute atomic E-state index is 15.3. The zero-order valence-electron chi connectivity index (χ0n) is 25.0. The van der Waals surface area contributed by atoms with Gasteiger partial charge in [0, 0.05) is 54.4 Å². The molecule has 1 N–H and O–H groups in total. The van der Waals surface area contributed by atoms with E-state index in [0.29, 0.717) is 65.1 Å². The summed E-state index contributed by atoms with van der Waals surface area (Å²) in [6, 6.07) is 16.4. The van der Waals surface area contributed by atoms with Gasteiger partial charge in [-0.3, -0.25) is 4.79 Å². The Morgan fingerprint density at radius 2 is 1.91 bits per heavy atom. The van der Waals surface area contributed by atoms with Crippen molar-refractivity contribution in [3.8, 4) is 33.7 Å². The van der Waals surface area contributed by atoms with Gasteiger partial charge in [-0.1, -0.05) is 49.1 Å². The molecule has 0 spiro atoms. The van der Waals surface area contributed by atoms with Crippen molar-refractivity contribution in [2.75, 3.05) is 25.5 Å². The maximum Gasteiger partial charge on any atom is 0.279 e. The lowest BCUT2D eigenvalue weighted by Crippen LogP contribution is -2.41. The average Bonchev–Trinajstić information content (AvgIpc) is 3.54. The highest BCUT2D eigenvalue weighted by Gasteiger charge is 2.24. The summed E-state index contributed by atoms with van der Waals surface area (Å²) in [7, 11) is 1.56. The number of piperidine rings is 1.